The number of hydrogen-bond acceptors (Lipinski definition) is 5. The van der Waals surface area contributed by atoms with Gasteiger partial charge in [0.05, 0.1) is 29.9 Å². The third kappa shape index (κ3) is 2.97. The minimum atomic E-state index is -0.309. The van der Waals surface area contributed by atoms with E-state index in [1.165, 1.54) is 27.9 Å². The molecule has 0 fully saturated rings. The summed E-state index contributed by atoms with van der Waals surface area (Å²) >= 11 is 0. The molecular weight excluding hydrogens is 272 g/mol. The van der Waals surface area contributed by atoms with E-state index in [0.29, 0.717) is 23.6 Å². The van der Waals surface area contributed by atoms with E-state index in [4.69, 9.17) is 5.26 Å². The van der Waals surface area contributed by atoms with Crippen molar-refractivity contribution in [1.82, 2.24) is 24.9 Å². The Kier molecular flexibility index (Phi) is 4.13. The van der Waals surface area contributed by atoms with Crippen LogP contribution in [0.15, 0.2) is 23.1 Å². The van der Waals surface area contributed by atoms with E-state index in [1.54, 1.807) is 14.0 Å². The molecule has 0 saturated heterocycles. The fraction of sp³-hybridized carbons (Fsp3) is 0.308. The zero-order valence-electron chi connectivity index (χ0n) is 11.7. The van der Waals surface area contributed by atoms with E-state index in [-0.39, 0.29) is 17.9 Å². The molecule has 2 heterocycles. The molecule has 0 saturated carbocycles. The maximum atomic E-state index is 12.3. The number of nitrogens with zero attached hydrogens (tertiary/aromatic N) is 5. The lowest BCUT2D eigenvalue weighted by Gasteiger charge is -2.14. The number of nitriles is 1. The van der Waals surface area contributed by atoms with Crippen LogP contribution in [0.2, 0.25) is 0 Å². The van der Waals surface area contributed by atoms with Gasteiger partial charge in [-0.25, -0.2) is 9.78 Å². The summed E-state index contributed by atoms with van der Waals surface area (Å²) in [6.07, 6.45) is 1.73. The molecule has 1 amide bonds. The Hall–Kier alpha value is -2.95. The summed E-state index contributed by atoms with van der Waals surface area (Å²) in [6.45, 7) is 2.10. The van der Waals surface area contributed by atoms with Gasteiger partial charge in [0, 0.05) is 19.7 Å². The molecule has 8 nitrogen and oxygen atoms in total. The molecule has 21 heavy (non-hydrogen) atoms. The third-order valence-electron chi connectivity index (χ3n) is 3.03. The fourth-order valence-electron chi connectivity index (χ4n) is 1.83. The predicted molar refractivity (Wildman–Crippen MR) is 73.9 cm³/mol. The van der Waals surface area contributed by atoms with E-state index in [2.05, 4.69) is 15.3 Å². The number of aromatic amines is 1. The zero-order chi connectivity index (χ0) is 15.4. The first-order valence-corrected chi connectivity index (χ1v) is 6.27. The molecule has 0 aliphatic rings. The van der Waals surface area contributed by atoms with Gasteiger partial charge in [-0.05, 0) is 13.0 Å². The summed E-state index contributed by atoms with van der Waals surface area (Å²) in [5, 5.41) is 18.9. The van der Waals surface area contributed by atoms with E-state index in [1.807, 2.05) is 6.07 Å². The van der Waals surface area contributed by atoms with Crippen molar-refractivity contribution in [1.29, 1.82) is 5.26 Å². The number of amides is 1. The van der Waals surface area contributed by atoms with Gasteiger partial charge in [-0.2, -0.15) is 15.5 Å². The number of carbonyl (C=O) groups excluding carboxylic acids is 1. The summed E-state index contributed by atoms with van der Waals surface area (Å²) < 4.78 is 1.47. The largest absolute Gasteiger partial charge is 0.341 e. The first-order chi connectivity index (χ1) is 10.0. The topological polar surface area (TPSA) is 108 Å². The van der Waals surface area contributed by atoms with Crippen molar-refractivity contribution in [2.24, 2.45) is 0 Å². The summed E-state index contributed by atoms with van der Waals surface area (Å²) in [6, 6.07) is 4.86. The highest BCUT2D eigenvalue weighted by atomic mass is 16.2. The summed E-state index contributed by atoms with van der Waals surface area (Å²) in [4.78, 5) is 24.7. The highest BCUT2D eigenvalue weighted by Gasteiger charge is 2.18. The van der Waals surface area contributed by atoms with Crippen molar-refractivity contribution in [3.05, 3.63) is 39.9 Å². The minimum Gasteiger partial charge on any atom is -0.341 e. The highest BCUT2D eigenvalue weighted by molar-refractivity contribution is 5.95. The molecule has 1 N–H and O–H groups in total. The first-order valence-electron chi connectivity index (χ1n) is 6.27. The maximum absolute atomic E-state index is 12.3. The Labute approximate surface area is 120 Å². The first kappa shape index (κ1) is 14.5. The Morgan fingerprint density at radius 2 is 2.29 bits per heavy atom. The van der Waals surface area contributed by atoms with Gasteiger partial charge in [0.25, 0.3) is 11.5 Å². The molecule has 0 aromatic carbocycles. The van der Waals surface area contributed by atoms with E-state index < -0.39 is 0 Å². The van der Waals surface area contributed by atoms with E-state index in [9.17, 15) is 9.59 Å². The average Bonchev–Trinajstić information content (AvgIpc) is 2.86. The van der Waals surface area contributed by atoms with Crippen LogP contribution in [0.5, 0.6) is 0 Å². The molecule has 2 aromatic heterocycles. The van der Waals surface area contributed by atoms with Crippen LogP contribution in [-0.4, -0.2) is 44.4 Å². The monoisotopic (exact) mass is 286 g/mol. The second-order valence-electron chi connectivity index (χ2n) is 4.47. The lowest BCUT2D eigenvalue weighted by molar-refractivity contribution is 0.0797. The fourth-order valence-corrected chi connectivity index (χ4v) is 1.83. The van der Waals surface area contributed by atoms with Crippen LogP contribution in [0.3, 0.4) is 0 Å². The molecule has 0 atom stereocenters. The van der Waals surface area contributed by atoms with Crippen molar-refractivity contribution >= 4 is 5.91 Å². The number of aromatic nitrogens is 4. The van der Waals surface area contributed by atoms with Crippen molar-refractivity contribution < 1.29 is 4.79 Å². The molecular formula is C13H14N6O2. The van der Waals surface area contributed by atoms with Gasteiger partial charge in [-0.1, -0.05) is 0 Å². The predicted octanol–water partition coefficient (Wildman–Crippen LogP) is 0.250. The summed E-state index contributed by atoms with van der Waals surface area (Å²) in [5.41, 5.74) is 0.739. The zero-order valence-corrected chi connectivity index (χ0v) is 11.7. The van der Waals surface area contributed by atoms with Gasteiger partial charge >= 0.3 is 0 Å². The molecule has 0 unspecified atom stereocenters. The van der Waals surface area contributed by atoms with Gasteiger partial charge in [0.1, 0.15) is 0 Å². The quantitative estimate of drug-likeness (QED) is 0.866. The van der Waals surface area contributed by atoms with Crippen LogP contribution < -0.4 is 5.56 Å². The number of H-pyrrole nitrogens is 1. The van der Waals surface area contributed by atoms with Gasteiger partial charge in [0.15, 0.2) is 5.82 Å². The van der Waals surface area contributed by atoms with Crippen molar-refractivity contribution in [2.45, 2.75) is 13.3 Å². The molecule has 0 aliphatic heterocycles. The molecule has 0 spiro atoms. The van der Waals surface area contributed by atoms with Crippen LogP contribution in [0.4, 0.5) is 0 Å². The molecule has 2 aromatic rings. The Morgan fingerprint density at radius 3 is 2.90 bits per heavy atom. The SMILES string of the molecule is Cc1c(C(=O)N(C)CCC#N)cnn1-c1ccc(=O)[nH]n1. The normalized spacial score (nSPS) is 10.1. The Morgan fingerprint density at radius 1 is 1.52 bits per heavy atom. The van der Waals surface area contributed by atoms with Gasteiger partial charge in [0.2, 0.25) is 0 Å². The maximum Gasteiger partial charge on any atom is 0.264 e. The number of carbonyl (C=O) groups is 1. The van der Waals surface area contributed by atoms with E-state index in [0.717, 1.165) is 0 Å². The lowest BCUT2D eigenvalue weighted by Crippen LogP contribution is -2.28. The second-order valence-corrected chi connectivity index (χ2v) is 4.47. The highest BCUT2D eigenvalue weighted by Crippen LogP contribution is 2.13. The number of nitrogens with one attached hydrogen (secondary N) is 1. The van der Waals surface area contributed by atoms with Crippen LogP contribution in [0.1, 0.15) is 22.5 Å². The smallest absolute Gasteiger partial charge is 0.264 e. The molecule has 8 heteroatoms. The van der Waals surface area contributed by atoms with Gasteiger partial charge in [-0.3, -0.25) is 9.59 Å². The lowest BCUT2D eigenvalue weighted by atomic mass is 10.2. The van der Waals surface area contributed by atoms with Crippen LogP contribution in [-0.2, 0) is 0 Å². The van der Waals surface area contributed by atoms with Crippen LogP contribution in [0, 0.1) is 18.3 Å². The average molecular weight is 286 g/mol. The van der Waals surface area contributed by atoms with E-state index >= 15 is 0 Å². The molecule has 0 bridgehead atoms. The Bertz CT molecular complexity index is 734. The van der Waals surface area contributed by atoms with Crippen molar-refractivity contribution in [3.8, 4) is 11.9 Å². The van der Waals surface area contributed by atoms with Crippen molar-refractivity contribution in [3.63, 3.8) is 0 Å². The van der Waals surface area contributed by atoms with Gasteiger partial charge < -0.3 is 4.90 Å². The summed E-state index contributed by atoms with van der Waals surface area (Å²) in [7, 11) is 1.63. The minimum absolute atomic E-state index is 0.210. The van der Waals surface area contributed by atoms with Crippen LogP contribution >= 0.6 is 0 Å². The molecule has 108 valence electrons. The molecule has 0 aliphatic carbocycles. The number of hydrogen-bond donors (Lipinski definition) is 1. The van der Waals surface area contributed by atoms with Crippen molar-refractivity contribution in [2.75, 3.05) is 13.6 Å². The standard InChI is InChI=1S/C13H14N6O2/c1-9-10(13(21)18(2)7-3-6-14)8-15-19(9)11-4-5-12(20)17-16-11/h4-5,8H,3,7H2,1-2H3,(H,17,20). The Balaban J connectivity index is 2.28. The van der Waals surface area contributed by atoms with Crippen LogP contribution in [0.25, 0.3) is 5.82 Å². The molecule has 0 radical (unpaired) electrons. The third-order valence-corrected chi connectivity index (χ3v) is 3.03. The second kappa shape index (κ2) is 6.00. The number of rotatable bonds is 4. The summed E-state index contributed by atoms with van der Waals surface area (Å²) in [5.74, 6) is 0.212. The molecule has 2 rings (SSSR count). The van der Waals surface area contributed by atoms with Gasteiger partial charge in [-0.15, -0.1) is 0 Å².